The van der Waals surface area contributed by atoms with Gasteiger partial charge in [-0.05, 0) is 37.8 Å². The summed E-state index contributed by atoms with van der Waals surface area (Å²) in [6.07, 6.45) is -0.754. The molecule has 4 nitrogen and oxygen atoms in total. The van der Waals surface area contributed by atoms with Crippen molar-refractivity contribution >= 4 is 11.4 Å². The Hall–Kier alpha value is -1.73. The van der Waals surface area contributed by atoms with Crippen molar-refractivity contribution in [2.24, 2.45) is 0 Å². The molecule has 1 fully saturated rings. The van der Waals surface area contributed by atoms with Crippen LogP contribution in [0.3, 0.4) is 0 Å². The molecule has 1 aromatic carbocycles. The van der Waals surface area contributed by atoms with Gasteiger partial charge in [0.1, 0.15) is 5.82 Å². The molecule has 22 heavy (non-hydrogen) atoms. The number of anilines is 2. The summed E-state index contributed by atoms with van der Waals surface area (Å²) in [5, 5.41) is 11.5. The lowest BCUT2D eigenvalue weighted by atomic mass is 9.80. The van der Waals surface area contributed by atoms with Gasteiger partial charge in [0.05, 0.1) is 29.1 Å². The molecule has 0 saturated heterocycles. The highest BCUT2D eigenvalue weighted by Crippen LogP contribution is 2.43. The van der Waals surface area contributed by atoms with Crippen molar-refractivity contribution in [1.82, 2.24) is 5.53 Å². The molecule has 0 radical (unpaired) electrons. The van der Waals surface area contributed by atoms with Gasteiger partial charge >= 0.3 is 0 Å². The number of halogens is 3. The maximum absolute atomic E-state index is 14.0. The smallest absolute Gasteiger partial charge is 0.268 e. The number of hydrogen-bond acceptors (Lipinski definition) is 4. The number of β-amino-alcohol motifs (C(OH)–C–C–N with tert-alkyl or cyclic N) is 1. The maximum Gasteiger partial charge on any atom is 0.268 e. The number of nitrogens with one attached hydrogen (secondary N) is 2. The Balaban J connectivity index is 0.000000847. The minimum absolute atomic E-state index is 0.0865. The fourth-order valence-corrected chi connectivity index (χ4v) is 2.73. The molecule has 3 N–H and O–H groups in total. The van der Waals surface area contributed by atoms with Gasteiger partial charge in [-0.3, -0.25) is 5.01 Å². The third-order valence-electron chi connectivity index (χ3n) is 4.00. The first-order valence-corrected chi connectivity index (χ1v) is 7.04. The van der Waals surface area contributed by atoms with E-state index in [1.165, 1.54) is 18.0 Å². The Kier molecular flexibility index (Phi) is 4.67. The lowest BCUT2D eigenvalue weighted by Crippen LogP contribution is -2.52. The van der Waals surface area contributed by atoms with Crippen molar-refractivity contribution in [1.29, 1.82) is 0 Å². The van der Waals surface area contributed by atoms with Crippen molar-refractivity contribution < 1.29 is 18.3 Å². The van der Waals surface area contributed by atoms with Crippen LogP contribution in [0, 0.1) is 12.7 Å². The molecule has 1 aromatic rings. The van der Waals surface area contributed by atoms with E-state index in [2.05, 4.69) is 24.1 Å². The molecule has 7 heteroatoms. The van der Waals surface area contributed by atoms with Crippen LogP contribution >= 0.6 is 0 Å². The normalized spacial score (nSPS) is 18.2. The zero-order chi connectivity index (χ0) is 16.5. The minimum Gasteiger partial charge on any atom is -0.388 e. The SMILES string of the molecule is C=C.Cc1cc2c(c(C(F)F)c1F)N(CC1(O)CCC1)NN2. The Morgan fingerprint density at radius 2 is 2.05 bits per heavy atom. The number of rotatable bonds is 3. The maximum atomic E-state index is 14.0. The molecule has 1 saturated carbocycles. The van der Waals surface area contributed by atoms with Crippen LogP contribution in [0.4, 0.5) is 24.5 Å². The highest BCUT2D eigenvalue weighted by atomic mass is 19.3. The molecule has 2 aliphatic rings. The van der Waals surface area contributed by atoms with Crippen LogP contribution in [0.2, 0.25) is 0 Å². The fraction of sp³-hybridized carbons (Fsp3) is 0.467. The summed E-state index contributed by atoms with van der Waals surface area (Å²) in [5.74, 6) is -0.894. The molecule has 122 valence electrons. The summed E-state index contributed by atoms with van der Waals surface area (Å²) in [6.45, 7) is 7.60. The third kappa shape index (κ3) is 2.78. The summed E-state index contributed by atoms with van der Waals surface area (Å²) < 4.78 is 40.3. The second kappa shape index (κ2) is 6.18. The Bertz CT molecular complexity index is 561. The van der Waals surface area contributed by atoms with E-state index in [1.54, 1.807) is 0 Å². The van der Waals surface area contributed by atoms with Crippen molar-refractivity contribution in [3.63, 3.8) is 0 Å². The van der Waals surface area contributed by atoms with Gasteiger partial charge in [-0.15, -0.1) is 18.7 Å². The average molecular weight is 315 g/mol. The number of hydrogen-bond donors (Lipinski definition) is 3. The van der Waals surface area contributed by atoms with Crippen LogP contribution in [-0.4, -0.2) is 17.3 Å². The number of hydrazine groups is 2. The van der Waals surface area contributed by atoms with Crippen LogP contribution in [0.15, 0.2) is 19.2 Å². The number of benzene rings is 1. The lowest BCUT2D eigenvalue weighted by Gasteiger charge is -2.39. The standard InChI is InChI=1S/C13H16F3N3O.C2H4/c1-7-5-8-11(9(10(7)14)12(15)16)19(18-17-8)6-13(20)3-2-4-13;1-2/h5,12,17-18,20H,2-4,6H2,1H3;1-2H2. The zero-order valence-corrected chi connectivity index (χ0v) is 12.4. The van der Waals surface area contributed by atoms with E-state index in [1.807, 2.05) is 0 Å². The number of nitrogens with zero attached hydrogens (tertiary/aromatic N) is 1. The Labute approximate surface area is 127 Å². The number of aryl methyl sites for hydroxylation is 1. The lowest BCUT2D eigenvalue weighted by molar-refractivity contribution is -0.0267. The molecule has 0 amide bonds. The van der Waals surface area contributed by atoms with Gasteiger partial charge in [-0.1, -0.05) is 0 Å². The highest BCUT2D eigenvalue weighted by molar-refractivity contribution is 5.78. The second-order valence-corrected chi connectivity index (χ2v) is 5.52. The Morgan fingerprint density at radius 3 is 2.55 bits per heavy atom. The van der Waals surface area contributed by atoms with Gasteiger partial charge < -0.3 is 10.5 Å². The monoisotopic (exact) mass is 315 g/mol. The molecule has 1 heterocycles. The summed E-state index contributed by atoms with van der Waals surface area (Å²) >= 11 is 0. The van der Waals surface area contributed by atoms with Crippen LogP contribution < -0.4 is 16.0 Å². The zero-order valence-electron chi connectivity index (χ0n) is 12.4. The largest absolute Gasteiger partial charge is 0.388 e. The summed E-state index contributed by atoms with van der Waals surface area (Å²) in [5.41, 5.74) is 4.61. The quantitative estimate of drug-likeness (QED) is 0.748. The fourth-order valence-electron chi connectivity index (χ4n) is 2.73. The van der Waals surface area contributed by atoms with Gasteiger partial charge in [0.2, 0.25) is 0 Å². The topological polar surface area (TPSA) is 47.5 Å². The van der Waals surface area contributed by atoms with E-state index in [-0.39, 0.29) is 17.8 Å². The number of alkyl halides is 2. The number of fused-ring (bicyclic) bond motifs is 1. The van der Waals surface area contributed by atoms with Crippen LogP contribution in [0.25, 0.3) is 0 Å². The van der Waals surface area contributed by atoms with E-state index in [9.17, 15) is 18.3 Å². The molecule has 3 rings (SSSR count). The van der Waals surface area contributed by atoms with Crippen LogP contribution in [0.5, 0.6) is 0 Å². The summed E-state index contributed by atoms with van der Waals surface area (Å²) in [6, 6.07) is 1.48. The molecule has 1 aliphatic heterocycles. The van der Waals surface area contributed by atoms with E-state index >= 15 is 0 Å². The number of aliphatic hydroxyl groups is 1. The molecular weight excluding hydrogens is 295 g/mol. The molecule has 0 atom stereocenters. The first-order valence-electron chi connectivity index (χ1n) is 7.04. The van der Waals surface area contributed by atoms with Gasteiger partial charge in [-0.2, -0.15) is 0 Å². The summed E-state index contributed by atoms with van der Waals surface area (Å²) in [4.78, 5) is 0. The highest BCUT2D eigenvalue weighted by Gasteiger charge is 2.40. The molecule has 0 spiro atoms. The molecule has 1 aliphatic carbocycles. The first-order chi connectivity index (χ1) is 10.4. The van der Waals surface area contributed by atoms with E-state index in [4.69, 9.17) is 0 Å². The van der Waals surface area contributed by atoms with E-state index in [0.717, 1.165) is 6.42 Å². The van der Waals surface area contributed by atoms with Gasteiger partial charge in [0, 0.05) is 0 Å². The van der Waals surface area contributed by atoms with Crippen molar-refractivity contribution in [3.8, 4) is 0 Å². The molecular formula is C15H20F3N3O. The molecule has 0 aromatic heterocycles. The van der Waals surface area contributed by atoms with Crippen molar-refractivity contribution in [3.05, 3.63) is 36.2 Å². The van der Waals surface area contributed by atoms with Crippen LogP contribution in [0.1, 0.15) is 36.8 Å². The second-order valence-electron chi connectivity index (χ2n) is 5.52. The Morgan fingerprint density at radius 1 is 1.41 bits per heavy atom. The van der Waals surface area contributed by atoms with Crippen molar-refractivity contribution in [2.45, 2.75) is 38.2 Å². The first kappa shape index (κ1) is 16.6. The summed E-state index contributed by atoms with van der Waals surface area (Å²) in [7, 11) is 0. The van der Waals surface area contributed by atoms with E-state index < -0.39 is 23.4 Å². The van der Waals surface area contributed by atoms with Crippen LogP contribution in [-0.2, 0) is 0 Å². The van der Waals surface area contributed by atoms with Gasteiger partial charge in [-0.25, -0.2) is 13.2 Å². The molecule has 0 unspecified atom stereocenters. The predicted octanol–water partition coefficient (Wildman–Crippen LogP) is 3.44. The average Bonchev–Trinajstić information content (AvgIpc) is 2.82. The molecule has 0 bridgehead atoms. The van der Waals surface area contributed by atoms with Gasteiger partial charge in [0.25, 0.3) is 6.43 Å². The third-order valence-corrected chi connectivity index (χ3v) is 4.00. The minimum atomic E-state index is -2.91. The van der Waals surface area contributed by atoms with Crippen molar-refractivity contribution in [2.75, 3.05) is 17.0 Å². The van der Waals surface area contributed by atoms with Gasteiger partial charge in [0.15, 0.2) is 0 Å². The van der Waals surface area contributed by atoms with E-state index in [0.29, 0.717) is 18.5 Å². The predicted molar refractivity (Wildman–Crippen MR) is 80.3 cm³/mol.